The highest BCUT2D eigenvalue weighted by molar-refractivity contribution is 5.91. The van der Waals surface area contributed by atoms with Crippen LogP contribution >= 0.6 is 0 Å². The van der Waals surface area contributed by atoms with E-state index in [1.165, 1.54) is 43.7 Å². The largest absolute Gasteiger partial charge is 0.452 e. The van der Waals surface area contributed by atoms with Gasteiger partial charge in [0, 0.05) is 12.1 Å². The van der Waals surface area contributed by atoms with Crippen LogP contribution in [0.2, 0.25) is 0 Å². The normalized spacial score (nSPS) is 10.3. The standard InChI is InChI=1S/C16H13N3O6/c1-24-16(21)18-17-10-11-3-2-4-14(9-11)25-15(20)12-5-7-13(8-6-12)19(22)23/h2-10H,1H3,(H,18,21)/b17-10+. The van der Waals surface area contributed by atoms with Gasteiger partial charge in [0.2, 0.25) is 0 Å². The average Bonchev–Trinajstić information content (AvgIpc) is 2.62. The van der Waals surface area contributed by atoms with Gasteiger partial charge in [0.1, 0.15) is 5.75 Å². The summed E-state index contributed by atoms with van der Waals surface area (Å²) in [4.78, 5) is 33.0. The van der Waals surface area contributed by atoms with Crippen LogP contribution in [0.5, 0.6) is 5.75 Å². The molecule has 0 unspecified atom stereocenters. The Morgan fingerprint density at radius 2 is 1.92 bits per heavy atom. The molecule has 25 heavy (non-hydrogen) atoms. The van der Waals surface area contributed by atoms with Gasteiger partial charge >= 0.3 is 12.1 Å². The fourth-order valence-electron chi connectivity index (χ4n) is 1.75. The molecule has 0 heterocycles. The van der Waals surface area contributed by atoms with Crippen molar-refractivity contribution in [2.45, 2.75) is 0 Å². The van der Waals surface area contributed by atoms with Gasteiger partial charge in [-0.3, -0.25) is 10.1 Å². The van der Waals surface area contributed by atoms with Crippen LogP contribution in [0.15, 0.2) is 53.6 Å². The maximum atomic E-state index is 12.0. The number of ether oxygens (including phenoxy) is 2. The molecule has 0 saturated carbocycles. The van der Waals surface area contributed by atoms with Crippen LogP contribution in [0.25, 0.3) is 0 Å². The Labute approximate surface area is 142 Å². The molecule has 0 bridgehead atoms. The van der Waals surface area contributed by atoms with Crippen molar-refractivity contribution in [1.29, 1.82) is 0 Å². The number of carbonyl (C=O) groups excluding carboxylic acids is 2. The first-order chi connectivity index (χ1) is 12.0. The fourth-order valence-corrected chi connectivity index (χ4v) is 1.75. The molecule has 0 aromatic heterocycles. The third-order valence-corrected chi connectivity index (χ3v) is 2.94. The number of hydrogen-bond donors (Lipinski definition) is 1. The topological polar surface area (TPSA) is 120 Å². The lowest BCUT2D eigenvalue weighted by Gasteiger charge is -2.05. The molecule has 9 nitrogen and oxygen atoms in total. The van der Waals surface area contributed by atoms with Crippen LogP contribution in [0.3, 0.4) is 0 Å². The molecule has 0 aliphatic heterocycles. The summed E-state index contributed by atoms with van der Waals surface area (Å²) < 4.78 is 9.57. The average molecular weight is 343 g/mol. The Balaban J connectivity index is 2.04. The summed E-state index contributed by atoms with van der Waals surface area (Å²) in [6, 6.07) is 11.5. The molecule has 0 aliphatic rings. The molecule has 128 valence electrons. The van der Waals surface area contributed by atoms with Gasteiger partial charge in [-0.2, -0.15) is 5.10 Å². The molecule has 0 atom stereocenters. The Kier molecular flexibility index (Phi) is 5.77. The molecule has 1 N–H and O–H groups in total. The first-order valence-electron chi connectivity index (χ1n) is 6.93. The predicted octanol–water partition coefficient (Wildman–Crippen LogP) is 2.50. The maximum Gasteiger partial charge on any atom is 0.427 e. The molecule has 2 rings (SSSR count). The van der Waals surface area contributed by atoms with E-state index in [1.54, 1.807) is 18.2 Å². The molecule has 0 radical (unpaired) electrons. The smallest absolute Gasteiger partial charge is 0.427 e. The third kappa shape index (κ3) is 5.13. The lowest BCUT2D eigenvalue weighted by Crippen LogP contribution is -2.16. The molecule has 0 spiro atoms. The highest BCUT2D eigenvalue weighted by atomic mass is 16.6. The number of nitrogens with one attached hydrogen (secondary N) is 1. The van der Waals surface area contributed by atoms with Crippen LogP contribution in [-0.4, -0.2) is 30.3 Å². The summed E-state index contributed by atoms with van der Waals surface area (Å²) >= 11 is 0. The van der Waals surface area contributed by atoms with Gasteiger partial charge in [-0.15, -0.1) is 0 Å². The highest BCUT2D eigenvalue weighted by Crippen LogP contribution is 2.16. The monoisotopic (exact) mass is 343 g/mol. The minimum atomic E-state index is -0.711. The van der Waals surface area contributed by atoms with Crippen molar-refractivity contribution in [3.63, 3.8) is 0 Å². The first-order valence-corrected chi connectivity index (χ1v) is 6.93. The zero-order valence-corrected chi connectivity index (χ0v) is 13.0. The molecule has 0 saturated heterocycles. The molecule has 0 fully saturated rings. The number of amides is 1. The van der Waals surface area contributed by atoms with Crippen molar-refractivity contribution in [2.75, 3.05) is 7.11 Å². The lowest BCUT2D eigenvalue weighted by molar-refractivity contribution is -0.384. The number of esters is 1. The van der Waals surface area contributed by atoms with Gasteiger partial charge in [0.05, 0.1) is 23.8 Å². The second-order valence-electron chi connectivity index (χ2n) is 4.63. The molecule has 0 aliphatic carbocycles. The second-order valence-corrected chi connectivity index (χ2v) is 4.63. The van der Waals surface area contributed by atoms with Crippen molar-refractivity contribution in [1.82, 2.24) is 5.43 Å². The third-order valence-electron chi connectivity index (χ3n) is 2.94. The molecular formula is C16H13N3O6. The Morgan fingerprint density at radius 1 is 1.20 bits per heavy atom. The van der Waals surface area contributed by atoms with Gasteiger partial charge in [0.15, 0.2) is 0 Å². The number of nitro groups is 1. The molecule has 2 aromatic carbocycles. The number of methoxy groups -OCH3 is 1. The molecule has 2 aromatic rings. The van der Waals surface area contributed by atoms with E-state index in [-0.39, 0.29) is 17.0 Å². The Morgan fingerprint density at radius 3 is 2.56 bits per heavy atom. The van der Waals surface area contributed by atoms with Gasteiger partial charge in [-0.05, 0) is 29.8 Å². The number of benzene rings is 2. The number of carbonyl (C=O) groups is 2. The SMILES string of the molecule is COC(=O)N/N=C/c1cccc(OC(=O)c2ccc([N+](=O)[O-])cc2)c1. The summed E-state index contributed by atoms with van der Waals surface area (Å²) in [7, 11) is 1.21. The van der Waals surface area contributed by atoms with E-state index < -0.39 is 17.0 Å². The van der Waals surface area contributed by atoms with E-state index in [9.17, 15) is 19.7 Å². The summed E-state index contributed by atoms with van der Waals surface area (Å²) in [6.07, 6.45) is 0.636. The summed E-state index contributed by atoms with van der Waals surface area (Å²) in [5.74, 6) is -0.401. The number of nitrogens with zero attached hydrogens (tertiary/aromatic N) is 2. The summed E-state index contributed by atoms with van der Waals surface area (Å²) in [6.45, 7) is 0. The van der Waals surface area contributed by atoms with Crippen molar-refractivity contribution in [3.8, 4) is 5.75 Å². The molecular weight excluding hydrogens is 330 g/mol. The van der Waals surface area contributed by atoms with E-state index in [0.717, 1.165) is 0 Å². The predicted molar refractivity (Wildman–Crippen MR) is 87.6 cm³/mol. The van der Waals surface area contributed by atoms with E-state index >= 15 is 0 Å². The number of hydrogen-bond acceptors (Lipinski definition) is 7. The molecule has 1 amide bonds. The quantitative estimate of drug-likeness (QED) is 0.293. The fraction of sp³-hybridized carbons (Fsp3) is 0.0625. The first kappa shape index (κ1) is 17.6. The second kappa shape index (κ2) is 8.20. The van der Waals surface area contributed by atoms with Crippen LogP contribution in [-0.2, 0) is 4.74 Å². The minimum absolute atomic E-state index is 0.118. The Bertz CT molecular complexity index is 817. The van der Waals surface area contributed by atoms with Gasteiger partial charge < -0.3 is 9.47 Å². The number of non-ortho nitro benzene ring substituents is 1. The van der Waals surface area contributed by atoms with Crippen molar-refractivity contribution >= 4 is 24.0 Å². The van der Waals surface area contributed by atoms with Crippen LogP contribution in [0, 0.1) is 10.1 Å². The van der Waals surface area contributed by atoms with Gasteiger partial charge in [-0.1, -0.05) is 12.1 Å². The number of nitro benzene ring substituents is 1. The highest BCUT2D eigenvalue weighted by Gasteiger charge is 2.11. The summed E-state index contributed by atoms with van der Waals surface area (Å²) in [5.41, 5.74) is 2.76. The zero-order chi connectivity index (χ0) is 18.2. The van der Waals surface area contributed by atoms with Crippen molar-refractivity contribution < 1.29 is 24.0 Å². The van der Waals surface area contributed by atoms with Crippen LogP contribution < -0.4 is 10.2 Å². The van der Waals surface area contributed by atoms with Crippen LogP contribution in [0.1, 0.15) is 15.9 Å². The maximum absolute atomic E-state index is 12.0. The molecule has 9 heteroatoms. The van der Waals surface area contributed by atoms with Gasteiger partial charge in [-0.25, -0.2) is 15.0 Å². The van der Waals surface area contributed by atoms with E-state index in [0.29, 0.717) is 5.56 Å². The Hall–Kier alpha value is -3.75. The summed E-state index contributed by atoms with van der Waals surface area (Å²) in [5, 5.41) is 14.3. The zero-order valence-electron chi connectivity index (χ0n) is 13.0. The van der Waals surface area contributed by atoms with Crippen LogP contribution in [0.4, 0.5) is 10.5 Å². The number of rotatable bonds is 5. The van der Waals surface area contributed by atoms with E-state index in [2.05, 4.69) is 15.3 Å². The van der Waals surface area contributed by atoms with E-state index in [4.69, 9.17) is 4.74 Å². The minimum Gasteiger partial charge on any atom is -0.452 e. The lowest BCUT2D eigenvalue weighted by atomic mass is 10.2. The number of hydrazone groups is 1. The van der Waals surface area contributed by atoms with Gasteiger partial charge in [0.25, 0.3) is 5.69 Å². The van der Waals surface area contributed by atoms with Crippen molar-refractivity contribution in [3.05, 3.63) is 69.8 Å². The van der Waals surface area contributed by atoms with Crippen molar-refractivity contribution in [2.24, 2.45) is 5.10 Å². The van der Waals surface area contributed by atoms with E-state index in [1.807, 2.05) is 0 Å².